The first-order valence-electron chi connectivity index (χ1n) is 8.00. The second-order valence-electron chi connectivity index (χ2n) is 6.26. The molecule has 25 heavy (non-hydrogen) atoms. The lowest BCUT2D eigenvalue weighted by molar-refractivity contribution is 0.391. The zero-order valence-corrected chi connectivity index (χ0v) is 14.9. The monoisotopic (exact) mass is 377 g/mol. The van der Waals surface area contributed by atoms with Crippen molar-refractivity contribution in [3.8, 4) is 0 Å². The van der Waals surface area contributed by atoms with Crippen LogP contribution in [-0.4, -0.2) is 19.3 Å². The highest BCUT2D eigenvalue weighted by molar-refractivity contribution is 7.89. The van der Waals surface area contributed by atoms with Gasteiger partial charge in [0.05, 0.1) is 11.4 Å². The first-order chi connectivity index (χ1) is 12.0. The third-order valence-electron chi connectivity index (χ3n) is 4.30. The van der Waals surface area contributed by atoms with Gasteiger partial charge in [0.15, 0.2) is 0 Å². The quantitative estimate of drug-likeness (QED) is 0.648. The lowest BCUT2D eigenvalue weighted by Gasteiger charge is -2.23. The fourth-order valence-corrected chi connectivity index (χ4v) is 5.01. The standard InChI is InChI=1S/C17H16FN3O2S2/c18-14-8-6-13(7-9-14)11-21(10-12-4-5-12)25(22,23)16-3-1-2-15-17(16)20-24-19-15/h1-3,6-9,12H,4-5,10-11H2. The molecule has 0 amide bonds. The molecular weight excluding hydrogens is 361 g/mol. The maximum Gasteiger partial charge on any atom is 0.245 e. The Kier molecular flexibility index (Phi) is 4.26. The molecule has 2 aromatic carbocycles. The van der Waals surface area contributed by atoms with E-state index in [-0.39, 0.29) is 17.3 Å². The average molecular weight is 377 g/mol. The van der Waals surface area contributed by atoms with E-state index >= 15 is 0 Å². The summed E-state index contributed by atoms with van der Waals surface area (Å²) in [5.41, 5.74) is 1.75. The molecule has 1 aliphatic heterocycles. The van der Waals surface area contributed by atoms with Gasteiger partial charge in [0, 0.05) is 13.1 Å². The topological polar surface area (TPSA) is 62.1 Å². The van der Waals surface area contributed by atoms with Gasteiger partial charge in [-0.05, 0) is 48.6 Å². The van der Waals surface area contributed by atoms with E-state index in [1.807, 2.05) is 0 Å². The number of fused-ring (bicyclic) bond motifs is 1. The van der Waals surface area contributed by atoms with E-state index in [1.165, 1.54) is 16.4 Å². The van der Waals surface area contributed by atoms with Gasteiger partial charge in [-0.1, -0.05) is 18.2 Å². The lowest BCUT2D eigenvalue weighted by Crippen LogP contribution is -2.32. The van der Waals surface area contributed by atoms with Gasteiger partial charge in [0.1, 0.15) is 22.1 Å². The van der Waals surface area contributed by atoms with Crippen LogP contribution in [0.5, 0.6) is 0 Å². The third-order valence-corrected chi connectivity index (χ3v) is 6.68. The maximum atomic E-state index is 13.3. The van der Waals surface area contributed by atoms with Crippen LogP contribution >= 0.6 is 0 Å². The SMILES string of the molecule is O=S(=O)(c1cccc2c1N=S=N2)N(Cc1ccc(F)cc1)CC1CC1. The van der Waals surface area contributed by atoms with Crippen LogP contribution in [0, 0.1) is 11.7 Å². The summed E-state index contributed by atoms with van der Waals surface area (Å²) >= 11 is 1.00. The number of nitrogens with zero attached hydrogens (tertiary/aromatic N) is 3. The van der Waals surface area contributed by atoms with Crippen molar-refractivity contribution in [3.05, 3.63) is 53.8 Å². The first kappa shape index (κ1) is 16.6. The van der Waals surface area contributed by atoms with E-state index in [0.717, 1.165) is 29.8 Å². The lowest BCUT2D eigenvalue weighted by atomic mass is 10.2. The molecule has 1 heterocycles. The molecule has 0 aromatic heterocycles. The van der Waals surface area contributed by atoms with Crippen molar-refractivity contribution in [2.45, 2.75) is 24.3 Å². The molecule has 4 rings (SSSR count). The molecule has 0 spiro atoms. The summed E-state index contributed by atoms with van der Waals surface area (Å²) in [4.78, 5) is 0.182. The number of halogens is 1. The van der Waals surface area contributed by atoms with Crippen LogP contribution < -0.4 is 0 Å². The van der Waals surface area contributed by atoms with Gasteiger partial charge in [0.2, 0.25) is 10.0 Å². The summed E-state index contributed by atoms with van der Waals surface area (Å²) in [6.45, 7) is 0.681. The van der Waals surface area contributed by atoms with Gasteiger partial charge in [-0.3, -0.25) is 0 Å². The zero-order chi connectivity index (χ0) is 17.4. The predicted molar refractivity (Wildman–Crippen MR) is 94.7 cm³/mol. The van der Waals surface area contributed by atoms with E-state index < -0.39 is 10.0 Å². The van der Waals surface area contributed by atoms with E-state index in [2.05, 4.69) is 8.73 Å². The molecule has 0 N–H and O–H groups in total. The highest BCUT2D eigenvalue weighted by Crippen LogP contribution is 2.40. The summed E-state index contributed by atoms with van der Waals surface area (Å²) in [7, 11) is -3.72. The van der Waals surface area contributed by atoms with Gasteiger partial charge >= 0.3 is 0 Å². The van der Waals surface area contributed by atoms with Crippen LogP contribution in [-0.2, 0) is 27.9 Å². The van der Waals surface area contributed by atoms with E-state index in [1.54, 1.807) is 30.3 Å². The Bertz CT molecular complexity index is 979. The van der Waals surface area contributed by atoms with Crippen molar-refractivity contribution >= 4 is 32.8 Å². The largest absolute Gasteiger partial charge is 0.245 e. The molecule has 0 bridgehead atoms. The number of sulfonamides is 1. The molecule has 2 aromatic rings. The summed E-state index contributed by atoms with van der Waals surface area (Å²) in [6, 6.07) is 11.0. The van der Waals surface area contributed by atoms with Crippen LogP contribution in [0.3, 0.4) is 0 Å². The molecule has 0 unspecified atom stereocenters. The second-order valence-corrected chi connectivity index (χ2v) is 8.69. The molecule has 0 saturated heterocycles. The Morgan fingerprint density at radius 2 is 1.88 bits per heavy atom. The Balaban J connectivity index is 1.69. The predicted octanol–water partition coefficient (Wildman–Crippen LogP) is 4.15. The molecule has 1 saturated carbocycles. The summed E-state index contributed by atoms with van der Waals surface area (Å²) < 4.78 is 49.4. The van der Waals surface area contributed by atoms with Crippen LogP contribution in [0.15, 0.2) is 56.1 Å². The Morgan fingerprint density at radius 3 is 2.60 bits per heavy atom. The molecule has 5 nitrogen and oxygen atoms in total. The van der Waals surface area contributed by atoms with Crippen LogP contribution in [0.4, 0.5) is 15.8 Å². The molecule has 8 heteroatoms. The minimum Gasteiger partial charge on any atom is -0.207 e. The zero-order valence-electron chi connectivity index (χ0n) is 13.3. The van der Waals surface area contributed by atoms with E-state index in [0.29, 0.717) is 23.8 Å². The van der Waals surface area contributed by atoms with Crippen molar-refractivity contribution in [1.82, 2.24) is 4.31 Å². The minimum atomic E-state index is -3.72. The fourth-order valence-electron chi connectivity index (χ4n) is 2.76. The number of hydrogen-bond acceptors (Lipinski definition) is 4. The summed E-state index contributed by atoms with van der Waals surface area (Å²) in [5.74, 6) is 0.0571. The molecule has 130 valence electrons. The first-order valence-corrected chi connectivity index (χ1v) is 10.2. The number of rotatable bonds is 6. The van der Waals surface area contributed by atoms with Crippen molar-refractivity contribution in [2.24, 2.45) is 14.6 Å². The Labute approximate surface area is 149 Å². The smallest absolute Gasteiger partial charge is 0.207 e. The molecule has 0 radical (unpaired) electrons. The molecule has 2 aliphatic rings. The van der Waals surface area contributed by atoms with Crippen LogP contribution in [0.1, 0.15) is 18.4 Å². The van der Waals surface area contributed by atoms with Crippen molar-refractivity contribution in [3.63, 3.8) is 0 Å². The molecule has 1 aliphatic carbocycles. The fraction of sp³-hybridized carbons (Fsp3) is 0.294. The Hall–Kier alpha value is -1.90. The highest BCUT2D eigenvalue weighted by atomic mass is 32.2. The van der Waals surface area contributed by atoms with Gasteiger partial charge in [0.25, 0.3) is 0 Å². The number of hydrogen-bond donors (Lipinski definition) is 0. The third kappa shape index (κ3) is 3.42. The van der Waals surface area contributed by atoms with E-state index in [4.69, 9.17) is 0 Å². The van der Waals surface area contributed by atoms with Crippen molar-refractivity contribution < 1.29 is 12.8 Å². The van der Waals surface area contributed by atoms with E-state index in [9.17, 15) is 12.8 Å². The Morgan fingerprint density at radius 1 is 1.12 bits per heavy atom. The normalized spacial score (nSPS) is 16.1. The highest BCUT2D eigenvalue weighted by Gasteiger charge is 2.34. The van der Waals surface area contributed by atoms with Gasteiger partial charge in [-0.15, -0.1) is 0 Å². The molecule has 0 atom stereocenters. The van der Waals surface area contributed by atoms with Gasteiger partial charge < -0.3 is 0 Å². The van der Waals surface area contributed by atoms with Crippen molar-refractivity contribution in [2.75, 3.05) is 6.54 Å². The molecular formula is C17H16FN3O2S2. The maximum absolute atomic E-state index is 13.3. The van der Waals surface area contributed by atoms with Gasteiger partial charge in [-0.25, -0.2) is 12.8 Å². The van der Waals surface area contributed by atoms with Crippen LogP contribution in [0.2, 0.25) is 0 Å². The second kappa shape index (κ2) is 6.44. The molecule has 1 fully saturated rings. The van der Waals surface area contributed by atoms with Crippen LogP contribution in [0.25, 0.3) is 0 Å². The summed E-state index contributed by atoms with van der Waals surface area (Å²) in [5, 5.41) is 0. The summed E-state index contributed by atoms with van der Waals surface area (Å²) in [6.07, 6.45) is 2.08. The van der Waals surface area contributed by atoms with Crippen molar-refractivity contribution in [1.29, 1.82) is 0 Å². The average Bonchev–Trinajstić information content (AvgIpc) is 3.29. The number of benzene rings is 2. The van der Waals surface area contributed by atoms with Gasteiger partial charge in [-0.2, -0.15) is 13.0 Å². The minimum absolute atomic E-state index is 0.182.